The van der Waals surface area contributed by atoms with E-state index in [1.54, 1.807) is 7.11 Å². The summed E-state index contributed by atoms with van der Waals surface area (Å²) in [5.74, 6) is 0.874. The second kappa shape index (κ2) is 5.49. The summed E-state index contributed by atoms with van der Waals surface area (Å²) in [6.45, 7) is 2.99. The van der Waals surface area contributed by atoms with Crippen LogP contribution in [0.3, 0.4) is 0 Å². The molecule has 3 N–H and O–H groups in total. The molecule has 0 aliphatic carbocycles. The molecule has 1 heterocycles. The highest BCUT2D eigenvalue weighted by Crippen LogP contribution is 2.27. The smallest absolute Gasteiger partial charge is 0.123 e. The lowest BCUT2D eigenvalue weighted by Crippen LogP contribution is -2.53. The molecular formula is C13H21N3O. The summed E-state index contributed by atoms with van der Waals surface area (Å²) >= 11 is 0. The second-order valence-electron chi connectivity index (χ2n) is 4.52. The highest BCUT2D eigenvalue weighted by molar-refractivity contribution is 5.36. The number of hydrogen-bond donors (Lipinski definition) is 2. The Kier molecular flexibility index (Phi) is 3.99. The number of piperazine rings is 1. The van der Waals surface area contributed by atoms with Crippen LogP contribution in [-0.2, 0) is 0 Å². The van der Waals surface area contributed by atoms with Gasteiger partial charge in [0.05, 0.1) is 13.2 Å². The zero-order chi connectivity index (χ0) is 12.3. The summed E-state index contributed by atoms with van der Waals surface area (Å²) in [5.41, 5.74) is 7.45. The molecule has 1 fully saturated rings. The Balaban J connectivity index is 2.20. The standard InChI is InChI=1S/C13H21N3O/c1-16-8-7-15-9-11(16)13(14)10-5-3-4-6-12(10)17-2/h3-6,11,13,15H,7-9,14H2,1-2H3. The molecule has 94 valence electrons. The normalized spacial score (nSPS) is 23.4. The summed E-state index contributed by atoms with van der Waals surface area (Å²) in [7, 11) is 3.81. The van der Waals surface area contributed by atoms with E-state index in [2.05, 4.69) is 17.3 Å². The lowest BCUT2D eigenvalue weighted by molar-refractivity contribution is 0.172. The molecule has 0 spiro atoms. The molecule has 4 heteroatoms. The van der Waals surface area contributed by atoms with Gasteiger partial charge in [0.2, 0.25) is 0 Å². The summed E-state index contributed by atoms with van der Waals surface area (Å²) in [4.78, 5) is 2.31. The van der Waals surface area contributed by atoms with Crippen molar-refractivity contribution >= 4 is 0 Å². The molecule has 2 atom stereocenters. The molecule has 4 nitrogen and oxygen atoms in total. The van der Waals surface area contributed by atoms with Crippen LogP contribution in [0.25, 0.3) is 0 Å². The van der Waals surface area contributed by atoms with Gasteiger partial charge < -0.3 is 15.8 Å². The molecule has 1 aromatic carbocycles. The van der Waals surface area contributed by atoms with Gasteiger partial charge in [0, 0.05) is 31.2 Å². The number of ether oxygens (including phenoxy) is 1. The summed E-state index contributed by atoms with van der Waals surface area (Å²) in [6, 6.07) is 8.28. The third kappa shape index (κ3) is 2.60. The molecular weight excluding hydrogens is 214 g/mol. The van der Waals surface area contributed by atoms with Gasteiger partial charge >= 0.3 is 0 Å². The van der Waals surface area contributed by atoms with E-state index < -0.39 is 0 Å². The lowest BCUT2D eigenvalue weighted by atomic mass is 9.97. The number of nitrogens with two attached hydrogens (primary N) is 1. The largest absolute Gasteiger partial charge is 0.496 e. The number of hydrogen-bond acceptors (Lipinski definition) is 4. The summed E-state index contributed by atoms with van der Waals surface area (Å²) in [5, 5.41) is 3.39. The van der Waals surface area contributed by atoms with Gasteiger partial charge in [-0.25, -0.2) is 0 Å². The summed E-state index contributed by atoms with van der Waals surface area (Å²) < 4.78 is 5.37. The van der Waals surface area contributed by atoms with Crippen LogP contribution in [0.4, 0.5) is 0 Å². The highest BCUT2D eigenvalue weighted by atomic mass is 16.5. The first-order valence-corrected chi connectivity index (χ1v) is 6.03. The quantitative estimate of drug-likeness (QED) is 0.805. The van der Waals surface area contributed by atoms with Crippen molar-refractivity contribution in [3.8, 4) is 5.75 Å². The fraction of sp³-hybridized carbons (Fsp3) is 0.538. The molecule has 0 aromatic heterocycles. The molecule has 17 heavy (non-hydrogen) atoms. The predicted molar refractivity (Wildman–Crippen MR) is 69.2 cm³/mol. The average molecular weight is 235 g/mol. The number of nitrogens with zero attached hydrogens (tertiary/aromatic N) is 1. The van der Waals surface area contributed by atoms with Gasteiger partial charge in [0.25, 0.3) is 0 Å². The number of para-hydroxylation sites is 1. The van der Waals surface area contributed by atoms with E-state index in [1.807, 2.05) is 24.3 Å². The van der Waals surface area contributed by atoms with E-state index in [0.29, 0.717) is 6.04 Å². The minimum atomic E-state index is -0.0241. The van der Waals surface area contributed by atoms with E-state index in [9.17, 15) is 0 Å². The van der Waals surface area contributed by atoms with Gasteiger partial charge in [-0.05, 0) is 13.1 Å². The molecule has 2 rings (SSSR count). The van der Waals surface area contributed by atoms with Crippen molar-refractivity contribution in [1.29, 1.82) is 0 Å². The zero-order valence-electron chi connectivity index (χ0n) is 10.5. The first-order chi connectivity index (χ1) is 8.24. The van der Waals surface area contributed by atoms with Gasteiger partial charge in [-0.3, -0.25) is 4.90 Å². The molecule has 0 bridgehead atoms. The topological polar surface area (TPSA) is 50.5 Å². The third-order valence-electron chi connectivity index (χ3n) is 3.47. The first-order valence-electron chi connectivity index (χ1n) is 6.03. The number of rotatable bonds is 3. The lowest BCUT2D eigenvalue weighted by Gasteiger charge is -2.37. The molecule has 1 saturated heterocycles. The number of likely N-dealkylation sites (N-methyl/N-ethyl adjacent to an activating group) is 1. The van der Waals surface area contributed by atoms with Gasteiger partial charge in [-0.2, -0.15) is 0 Å². The van der Waals surface area contributed by atoms with E-state index in [1.165, 1.54) is 0 Å². The van der Waals surface area contributed by atoms with Crippen LogP contribution in [0.5, 0.6) is 5.75 Å². The maximum Gasteiger partial charge on any atom is 0.123 e. The van der Waals surface area contributed by atoms with Crippen molar-refractivity contribution < 1.29 is 4.74 Å². The van der Waals surface area contributed by atoms with Gasteiger partial charge in [-0.15, -0.1) is 0 Å². The molecule has 0 amide bonds. The highest BCUT2D eigenvalue weighted by Gasteiger charge is 2.27. The molecule has 0 saturated carbocycles. The van der Waals surface area contributed by atoms with Gasteiger partial charge in [0.1, 0.15) is 5.75 Å². The fourth-order valence-corrected chi connectivity index (χ4v) is 2.38. The first kappa shape index (κ1) is 12.4. The van der Waals surface area contributed by atoms with Crippen molar-refractivity contribution in [2.75, 3.05) is 33.8 Å². The number of nitrogens with one attached hydrogen (secondary N) is 1. The van der Waals surface area contributed by atoms with E-state index >= 15 is 0 Å². The Hall–Kier alpha value is -1.10. The number of benzene rings is 1. The van der Waals surface area contributed by atoms with E-state index in [-0.39, 0.29) is 6.04 Å². The minimum Gasteiger partial charge on any atom is -0.496 e. The van der Waals surface area contributed by atoms with Gasteiger partial charge in [0.15, 0.2) is 0 Å². The molecule has 1 aliphatic heterocycles. The van der Waals surface area contributed by atoms with E-state index in [4.69, 9.17) is 10.5 Å². The zero-order valence-corrected chi connectivity index (χ0v) is 10.5. The minimum absolute atomic E-state index is 0.0241. The third-order valence-corrected chi connectivity index (χ3v) is 3.47. The predicted octanol–water partition coefficient (Wildman–Crippen LogP) is 0.599. The molecule has 2 unspecified atom stereocenters. The Labute approximate surface area is 103 Å². The molecule has 1 aromatic rings. The maximum atomic E-state index is 6.37. The monoisotopic (exact) mass is 235 g/mol. The molecule has 0 radical (unpaired) electrons. The Morgan fingerprint density at radius 2 is 2.24 bits per heavy atom. The maximum absolute atomic E-state index is 6.37. The van der Waals surface area contributed by atoms with E-state index in [0.717, 1.165) is 30.9 Å². The van der Waals surface area contributed by atoms with Crippen LogP contribution in [0, 0.1) is 0 Å². The Morgan fingerprint density at radius 1 is 1.47 bits per heavy atom. The summed E-state index contributed by atoms with van der Waals surface area (Å²) in [6.07, 6.45) is 0. The van der Waals surface area contributed by atoms with Crippen molar-refractivity contribution in [1.82, 2.24) is 10.2 Å². The van der Waals surface area contributed by atoms with Gasteiger partial charge in [-0.1, -0.05) is 18.2 Å². The van der Waals surface area contributed by atoms with Crippen molar-refractivity contribution in [2.24, 2.45) is 5.73 Å². The van der Waals surface area contributed by atoms with Crippen LogP contribution in [0.2, 0.25) is 0 Å². The Morgan fingerprint density at radius 3 is 2.94 bits per heavy atom. The number of methoxy groups -OCH3 is 1. The van der Waals surface area contributed by atoms with Crippen molar-refractivity contribution in [2.45, 2.75) is 12.1 Å². The second-order valence-corrected chi connectivity index (χ2v) is 4.52. The van der Waals surface area contributed by atoms with Crippen LogP contribution in [0.1, 0.15) is 11.6 Å². The molecule has 1 aliphatic rings. The van der Waals surface area contributed by atoms with Crippen LogP contribution in [0.15, 0.2) is 24.3 Å². The Bertz CT molecular complexity index is 369. The SMILES string of the molecule is COc1ccccc1C(N)C1CNCCN1C. The fourth-order valence-electron chi connectivity index (χ4n) is 2.38. The van der Waals surface area contributed by atoms with Crippen molar-refractivity contribution in [3.63, 3.8) is 0 Å². The van der Waals surface area contributed by atoms with Crippen molar-refractivity contribution in [3.05, 3.63) is 29.8 Å². The van der Waals surface area contributed by atoms with Crippen LogP contribution >= 0.6 is 0 Å². The average Bonchev–Trinajstić information content (AvgIpc) is 2.38. The van der Waals surface area contributed by atoms with Crippen LogP contribution in [-0.4, -0.2) is 44.7 Å². The van der Waals surface area contributed by atoms with Crippen LogP contribution < -0.4 is 15.8 Å².